The van der Waals surface area contributed by atoms with Gasteiger partial charge in [-0.1, -0.05) is 205 Å². The minimum absolute atomic E-state index is 0.00837. The average Bonchev–Trinajstić information content (AvgIpc) is 0.791. The number of hydrogen-bond acceptors (Lipinski definition) is 7. The largest absolute Gasteiger partial charge is 0.516 e. The van der Waals surface area contributed by atoms with Crippen LogP contribution in [0.5, 0.6) is 0 Å². The molecule has 0 aromatic heterocycles. The van der Waals surface area contributed by atoms with Gasteiger partial charge in [-0.15, -0.1) is 0 Å². The lowest BCUT2D eigenvalue weighted by molar-refractivity contribution is -0.111. The maximum atomic E-state index is 14.8. The molecule has 0 saturated carbocycles. The second-order valence-electron chi connectivity index (χ2n) is 24.2. The van der Waals surface area contributed by atoms with Crippen LogP contribution in [0.25, 0.3) is 5.57 Å². The standard InChI is InChI=1S/C74H95F3N4O6S2/c1-6-10-14-18-22-26-30-56-34-42-60(43-35-56)80(61-44-36-57(37-45-61)31-27-23-19-15-11-7-2)64-50-52-66(68(54-64)78-88(5,84)85)70-72(82)71(73(70)83)67-53-51-65(55-69(67)79-89(86,87)74(75,76)77)81(62-46-38-58(39-47-62)32-28-24-20-16-12-8-3)63-48-40-59(41-49-63)33-29-25-21-17-13-9-4/h34-55H,6-33H2,1-5H3,(H2,78,79,82,83)/p+1. The highest BCUT2D eigenvalue weighted by atomic mass is 32.2. The molecule has 15 heteroatoms. The first-order chi connectivity index (χ1) is 42.9. The van der Waals surface area contributed by atoms with Gasteiger partial charge in [-0.25, -0.2) is 8.42 Å². The molecule has 480 valence electrons. The predicted octanol–water partition coefficient (Wildman–Crippen LogP) is 20.2. The molecule has 0 radical (unpaired) electrons. The highest BCUT2D eigenvalue weighted by molar-refractivity contribution is 7.93. The number of aryl methyl sites for hydroxylation is 4. The van der Waals surface area contributed by atoms with Crippen molar-refractivity contribution in [2.75, 3.05) is 15.9 Å². The second-order valence-corrected chi connectivity index (χ2v) is 27.6. The van der Waals surface area contributed by atoms with Gasteiger partial charge in [-0.05, 0) is 122 Å². The number of nitrogens with zero attached hydrogens (tertiary/aromatic N) is 2. The zero-order valence-electron chi connectivity index (χ0n) is 53.3. The number of allylic oxidation sites excluding steroid dienone is 5. The van der Waals surface area contributed by atoms with Gasteiger partial charge in [0.1, 0.15) is 5.76 Å². The van der Waals surface area contributed by atoms with Crippen molar-refractivity contribution >= 4 is 71.2 Å². The number of aliphatic hydroxyl groups excluding tert-OH is 1. The van der Waals surface area contributed by atoms with Crippen LogP contribution in [0.15, 0.2) is 156 Å². The number of carbonyl (C=O) groups is 1. The number of unbranched alkanes of at least 4 members (excludes halogenated alkanes) is 20. The molecule has 2 aliphatic carbocycles. The minimum atomic E-state index is -6.09. The number of alkyl halides is 3. The Hall–Kier alpha value is -6.71. The molecule has 7 rings (SSSR count). The molecule has 3 N–H and O–H groups in total. The fourth-order valence-corrected chi connectivity index (χ4v) is 13.0. The van der Waals surface area contributed by atoms with Gasteiger partial charge in [0, 0.05) is 64.6 Å². The van der Waals surface area contributed by atoms with Crippen LogP contribution >= 0.6 is 0 Å². The van der Waals surface area contributed by atoms with E-state index in [-0.39, 0.29) is 28.1 Å². The first-order valence-corrected chi connectivity index (χ1v) is 36.4. The number of benzene rings is 5. The molecular weight excluding hydrogens is 1160 g/mol. The Morgan fingerprint density at radius 1 is 0.472 bits per heavy atom. The maximum absolute atomic E-state index is 14.8. The third kappa shape index (κ3) is 20.4. The van der Waals surface area contributed by atoms with Crippen LogP contribution in [0.1, 0.15) is 210 Å². The summed E-state index contributed by atoms with van der Waals surface area (Å²) in [6.07, 6.45) is 37.4. The quantitative estimate of drug-likeness (QED) is 0.0203. The highest BCUT2D eigenvalue weighted by Crippen LogP contribution is 2.46. The number of nitrogens with one attached hydrogen (secondary N) is 2. The topological polar surface area (TPSA) is 136 Å². The van der Waals surface area contributed by atoms with Crippen molar-refractivity contribution in [1.82, 2.24) is 9.30 Å². The van der Waals surface area contributed by atoms with Crippen molar-refractivity contribution in [3.63, 3.8) is 0 Å². The van der Waals surface area contributed by atoms with Crippen LogP contribution in [-0.4, -0.2) is 45.2 Å². The molecule has 0 aliphatic heterocycles. The lowest BCUT2D eigenvalue weighted by Crippen LogP contribution is -2.32. The molecule has 0 bridgehead atoms. The van der Waals surface area contributed by atoms with Gasteiger partial charge in [0.15, 0.2) is 0 Å². The Bertz CT molecular complexity index is 3370. The molecule has 0 atom stereocenters. The van der Waals surface area contributed by atoms with Crippen molar-refractivity contribution in [1.29, 1.82) is 0 Å². The zero-order chi connectivity index (χ0) is 63.8. The summed E-state index contributed by atoms with van der Waals surface area (Å²) in [6, 6.07) is 36.5. The molecule has 0 unspecified atom stereocenters. The fourth-order valence-electron chi connectivity index (χ4n) is 11.8. The Balaban J connectivity index is 1.29. The Morgan fingerprint density at radius 2 is 0.843 bits per heavy atom. The Kier molecular flexibility index (Phi) is 27.0. The Morgan fingerprint density at radius 3 is 1.21 bits per heavy atom. The van der Waals surface area contributed by atoms with Gasteiger partial charge in [-0.3, -0.25) is 14.2 Å². The van der Waals surface area contributed by atoms with Crippen molar-refractivity contribution in [2.45, 2.75) is 213 Å². The SMILES string of the molecule is CCCCCCCCc1ccc(N(c2ccc(CCCCCCCC)cc2)c2ccc(C3=C(O)C(=C4C=CC(=[N+](c5ccc(CCCCCCCC)cc5)c5ccc(CCCCCCCC)cc5)C=C4NS(C)(=O)=O)C3=O)c(NS(=O)(=O)C(F)(F)F)c2)cc1. The number of hydrogen-bond donors (Lipinski definition) is 3. The van der Waals surface area contributed by atoms with Crippen molar-refractivity contribution < 1.29 is 39.9 Å². The van der Waals surface area contributed by atoms with Gasteiger partial charge in [0.05, 0.1) is 28.8 Å². The molecule has 5 aromatic rings. The molecule has 2 aliphatic rings. The molecule has 0 saturated heterocycles. The van der Waals surface area contributed by atoms with E-state index in [1.54, 1.807) is 22.9 Å². The molecule has 10 nitrogen and oxygen atoms in total. The van der Waals surface area contributed by atoms with E-state index in [9.17, 15) is 39.9 Å². The monoisotopic (exact) mass is 1260 g/mol. The van der Waals surface area contributed by atoms with Gasteiger partial charge < -0.3 is 10.0 Å². The summed E-state index contributed by atoms with van der Waals surface area (Å²) in [5.74, 6) is -1.50. The van der Waals surface area contributed by atoms with E-state index in [0.29, 0.717) is 17.1 Å². The van der Waals surface area contributed by atoms with Crippen LogP contribution < -0.4 is 18.9 Å². The van der Waals surface area contributed by atoms with E-state index in [4.69, 9.17) is 0 Å². The van der Waals surface area contributed by atoms with Gasteiger partial charge in [0.2, 0.25) is 32.9 Å². The third-order valence-corrected chi connectivity index (χ3v) is 18.6. The summed E-state index contributed by atoms with van der Waals surface area (Å²) >= 11 is 0. The van der Waals surface area contributed by atoms with E-state index in [2.05, 4.69) is 56.7 Å². The number of Topliss-reactive ketones (excluding diaryl/α,β-unsaturated/α-hetero) is 1. The summed E-state index contributed by atoms with van der Waals surface area (Å²) in [4.78, 5) is 16.6. The lowest BCUT2D eigenvalue weighted by Gasteiger charge is -2.29. The normalized spacial score (nSPS) is 14.5. The van der Waals surface area contributed by atoms with Crippen LogP contribution in [-0.2, 0) is 50.5 Å². The number of anilines is 4. The van der Waals surface area contributed by atoms with Gasteiger partial charge in [0.25, 0.3) is 0 Å². The van der Waals surface area contributed by atoms with E-state index in [1.807, 2.05) is 82.3 Å². The number of ketones is 1. The molecule has 0 heterocycles. The van der Waals surface area contributed by atoms with Crippen LogP contribution in [0, 0.1) is 0 Å². The van der Waals surface area contributed by atoms with E-state index < -0.39 is 48.4 Å². The smallest absolute Gasteiger partial charge is 0.506 e. The fraction of sp³-hybridized carbons (Fsp3) is 0.459. The predicted molar refractivity (Wildman–Crippen MR) is 364 cm³/mol. The number of rotatable bonds is 38. The highest BCUT2D eigenvalue weighted by Gasteiger charge is 2.47. The van der Waals surface area contributed by atoms with E-state index in [1.165, 1.54) is 132 Å². The summed E-state index contributed by atoms with van der Waals surface area (Å²) in [6.45, 7) is 8.81. The first-order valence-electron chi connectivity index (χ1n) is 33.0. The molecular formula is C74H96F3N4O6S2+. The number of carbonyl (C=O) groups excluding carboxylic acids is 1. The van der Waals surface area contributed by atoms with Crippen molar-refractivity contribution in [2.24, 2.45) is 0 Å². The van der Waals surface area contributed by atoms with Gasteiger partial charge >= 0.3 is 15.5 Å². The summed E-state index contributed by atoms with van der Waals surface area (Å²) in [5, 5.41) is 12.1. The molecule has 0 amide bonds. The van der Waals surface area contributed by atoms with Crippen LogP contribution in [0.2, 0.25) is 0 Å². The molecule has 5 aromatic carbocycles. The Labute approximate surface area is 530 Å². The molecule has 0 spiro atoms. The number of halogens is 3. The van der Waals surface area contributed by atoms with E-state index in [0.717, 1.165) is 106 Å². The second kappa shape index (κ2) is 34.5. The van der Waals surface area contributed by atoms with E-state index >= 15 is 0 Å². The minimum Gasteiger partial charge on any atom is -0.506 e. The first kappa shape index (κ1) is 69.8. The third-order valence-electron chi connectivity index (χ3n) is 16.9. The number of aliphatic hydroxyl groups is 1. The summed E-state index contributed by atoms with van der Waals surface area (Å²) < 4.78 is 102. The average molecular weight is 1260 g/mol. The maximum Gasteiger partial charge on any atom is 0.516 e. The van der Waals surface area contributed by atoms with Crippen molar-refractivity contribution in [3.05, 3.63) is 184 Å². The summed E-state index contributed by atoms with van der Waals surface area (Å²) in [7, 11) is -10.1. The molecule has 0 fully saturated rings. The zero-order valence-corrected chi connectivity index (χ0v) is 55.0. The van der Waals surface area contributed by atoms with Gasteiger partial charge in [-0.2, -0.15) is 26.2 Å². The summed E-state index contributed by atoms with van der Waals surface area (Å²) in [5.41, 5.74) is 0.913. The van der Waals surface area contributed by atoms with Crippen LogP contribution in [0.4, 0.5) is 47.3 Å². The molecule has 89 heavy (non-hydrogen) atoms. The number of sulfonamides is 2. The van der Waals surface area contributed by atoms with Crippen LogP contribution in [0.3, 0.4) is 0 Å². The lowest BCUT2D eigenvalue weighted by atomic mass is 9.79. The van der Waals surface area contributed by atoms with Crippen molar-refractivity contribution in [3.8, 4) is 0 Å².